The minimum absolute atomic E-state index is 0.155. The van der Waals surface area contributed by atoms with Gasteiger partial charge in [-0.1, -0.05) is 41.9 Å². The van der Waals surface area contributed by atoms with Gasteiger partial charge in [0.2, 0.25) is 0 Å². The van der Waals surface area contributed by atoms with Crippen molar-refractivity contribution < 1.29 is 14.7 Å². The Hall–Kier alpha value is -2.33. The van der Waals surface area contributed by atoms with Crippen LogP contribution in [-0.4, -0.2) is 17.0 Å². The first kappa shape index (κ1) is 15.1. The summed E-state index contributed by atoms with van der Waals surface area (Å²) in [6.07, 6.45) is -0.155. The van der Waals surface area contributed by atoms with Gasteiger partial charge in [0.05, 0.1) is 17.0 Å². The van der Waals surface area contributed by atoms with Crippen molar-refractivity contribution in [3.8, 4) is 0 Å². The average molecular weight is 304 g/mol. The van der Waals surface area contributed by atoms with Gasteiger partial charge in [-0.15, -0.1) is 0 Å². The summed E-state index contributed by atoms with van der Waals surface area (Å²) >= 11 is 6.12. The Labute approximate surface area is 127 Å². The van der Waals surface area contributed by atoms with Gasteiger partial charge in [-0.3, -0.25) is 9.59 Å². The second-order valence-corrected chi connectivity index (χ2v) is 5.00. The fourth-order valence-corrected chi connectivity index (χ4v) is 2.18. The molecule has 0 unspecified atom stereocenters. The van der Waals surface area contributed by atoms with E-state index in [1.54, 1.807) is 36.4 Å². The maximum absolute atomic E-state index is 12.3. The summed E-state index contributed by atoms with van der Waals surface area (Å²) in [5.41, 5.74) is 2.19. The summed E-state index contributed by atoms with van der Waals surface area (Å²) in [6, 6.07) is 12.0. The van der Waals surface area contributed by atoms with Gasteiger partial charge < -0.3 is 10.4 Å². The van der Waals surface area contributed by atoms with Gasteiger partial charge in [0.25, 0.3) is 5.91 Å². The normalized spacial score (nSPS) is 10.2. The van der Waals surface area contributed by atoms with E-state index in [2.05, 4.69) is 5.32 Å². The first-order chi connectivity index (χ1) is 9.99. The molecular formula is C16H14ClNO3. The standard InChI is InChI=1S/C16H14ClNO3/c1-10-5-4-7-12(15(10)17)16(21)18-13-8-3-2-6-11(13)9-14(19)20/h2-8H,9H2,1H3,(H,18,21)(H,19,20). The predicted molar refractivity (Wildman–Crippen MR) is 81.9 cm³/mol. The molecule has 0 heterocycles. The molecule has 2 rings (SSSR count). The maximum atomic E-state index is 12.3. The number of aliphatic carboxylic acids is 1. The molecule has 0 saturated carbocycles. The molecule has 2 aromatic carbocycles. The van der Waals surface area contributed by atoms with E-state index in [0.717, 1.165) is 5.56 Å². The minimum Gasteiger partial charge on any atom is -0.481 e. The number of hydrogen-bond acceptors (Lipinski definition) is 2. The number of nitrogens with one attached hydrogen (secondary N) is 1. The van der Waals surface area contributed by atoms with Crippen LogP contribution in [0.5, 0.6) is 0 Å². The van der Waals surface area contributed by atoms with Crippen molar-refractivity contribution in [3.05, 3.63) is 64.2 Å². The van der Waals surface area contributed by atoms with Crippen LogP contribution < -0.4 is 5.32 Å². The third kappa shape index (κ3) is 3.61. The number of anilines is 1. The Kier molecular flexibility index (Phi) is 4.60. The minimum atomic E-state index is -0.953. The highest BCUT2D eigenvalue weighted by atomic mass is 35.5. The van der Waals surface area contributed by atoms with E-state index in [1.807, 2.05) is 13.0 Å². The number of carboxylic acid groups (broad SMARTS) is 1. The number of carbonyl (C=O) groups excluding carboxylic acids is 1. The van der Waals surface area contributed by atoms with Gasteiger partial charge in [0, 0.05) is 5.69 Å². The molecule has 21 heavy (non-hydrogen) atoms. The molecule has 0 aliphatic carbocycles. The molecule has 108 valence electrons. The zero-order valence-corrected chi connectivity index (χ0v) is 12.1. The number of hydrogen-bond donors (Lipinski definition) is 2. The highest BCUT2D eigenvalue weighted by molar-refractivity contribution is 6.35. The van der Waals surface area contributed by atoms with Gasteiger partial charge in [0.15, 0.2) is 0 Å². The van der Waals surface area contributed by atoms with E-state index in [1.165, 1.54) is 0 Å². The van der Waals surface area contributed by atoms with Crippen LogP contribution in [0.2, 0.25) is 5.02 Å². The molecule has 4 nitrogen and oxygen atoms in total. The molecule has 1 amide bonds. The molecule has 0 saturated heterocycles. The van der Waals surface area contributed by atoms with Gasteiger partial charge in [-0.05, 0) is 30.2 Å². The van der Waals surface area contributed by atoms with Crippen LogP contribution in [0, 0.1) is 6.92 Å². The average Bonchev–Trinajstić information content (AvgIpc) is 2.43. The van der Waals surface area contributed by atoms with Gasteiger partial charge in [-0.2, -0.15) is 0 Å². The maximum Gasteiger partial charge on any atom is 0.307 e. The smallest absolute Gasteiger partial charge is 0.307 e. The Bertz CT molecular complexity index is 698. The lowest BCUT2D eigenvalue weighted by Crippen LogP contribution is -2.15. The number of aryl methyl sites for hydroxylation is 1. The summed E-state index contributed by atoms with van der Waals surface area (Å²) in [5.74, 6) is -1.31. The van der Waals surface area contributed by atoms with Gasteiger partial charge in [-0.25, -0.2) is 0 Å². The monoisotopic (exact) mass is 303 g/mol. The Morgan fingerprint density at radius 3 is 2.57 bits per heavy atom. The van der Waals surface area contributed by atoms with Gasteiger partial charge >= 0.3 is 5.97 Å². The highest BCUT2D eigenvalue weighted by Gasteiger charge is 2.14. The second kappa shape index (κ2) is 6.41. The fourth-order valence-electron chi connectivity index (χ4n) is 1.97. The van der Waals surface area contributed by atoms with E-state index >= 15 is 0 Å². The van der Waals surface area contributed by atoms with Crippen molar-refractivity contribution in [1.29, 1.82) is 0 Å². The van der Waals surface area contributed by atoms with Gasteiger partial charge in [0.1, 0.15) is 0 Å². The summed E-state index contributed by atoms with van der Waals surface area (Å²) in [5, 5.41) is 12.0. The number of carboxylic acids is 1. The number of rotatable bonds is 4. The zero-order chi connectivity index (χ0) is 15.4. The number of amides is 1. The first-order valence-corrected chi connectivity index (χ1v) is 6.73. The Balaban J connectivity index is 2.28. The van der Waals surface area contributed by atoms with E-state index < -0.39 is 5.97 Å². The van der Waals surface area contributed by atoms with Crippen LogP contribution in [0.3, 0.4) is 0 Å². The Morgan fingerprint density at radius 2 is 1.86 bits per heavy atom. The molecule has 0 fully saturated rings. The number of halogens is 1. The SMILES string of the molecule is Cc1cccc(C(=O)Nc2ccccc2CC(=O)O)c1Cl. The molecule has 0 aliphatic heterocycles. The second-order valence-electron chi connectivity index (χ2n) is 4.62. The molecule has 2 N–H and O–H groups in total. The van der Waals surface area contributed by atoms with Crippen LogP contribution in [0.1, 0.15) is 21.5 Å². The lowest BCUT2D eigenvalue weighted by atomic mass is 10.1. The summed E-state index contributed by atoms with van der Waals surface area (Å²) in [7, 11) is 0. The predicted octanol–water partition coefficient (Wildman–Crippen LogP) is 3.53. The van der Waals surface area contributed by atoms with Crippen LogP contribution in [0.15, 0.2) is 42.5 Å². The number of para-hydroxylation sites is 1. The quantitative estimate of drug-likeness (QED) is 0.908. The molecule has 0 atom stereocenters. The van der Waals surface area contributed by atoms with E-state index in [0.29, 0.717) is 21.8 Å². The molecule has 0 aromatic heterocycles. The topological polar surface area (TPSA) is 66.4 Å². The summed E-state index contributed by atoms with van der Waals surface area (Å²) in [6.45, 7) is 1.82. The molecule has 0 bridgehead atoms. The molecule has 0 aliphatic rings. The first-order valence-electron chi connectivity index (χ1n) is 6.35. The molecular weight excluding hydrogens is 290 g/mol. The largest absolute Gasteiger partial charge is 0.481 e. The zero-order valence-electron chi connectivity index (χ0n) is 11.4. The van der Waals surface area contributed by atoms with E-state index in [9.17, 15) is 9.59 Å². The van der Waals surface area contributed by atoms with E-state index in [-0.39, 0.29) is 12.3 Å². The van der Waals surface area contributed by atoms with Crippen molar-refractivity contribution in [3.63, 3.8) is 0 Å². The fraction of sp³-hybridized carbons (Fsp3) is 0.125. The van der Waals surface area contributed by atoms with Crippen LogP contribution >= 0.6 is 11.6 Å². The lowest BCUT2D eigenvalue weighted by Gasteiger charge is -2.11. The van der Waals surface area contributed by atoms with Crippen LogP contribution in [0.25, 0.3) is 0 Å². The van der Waals surface area contributed by atoms with Crippen molar-refractivity contribution in [2.45, 2.75) is 13.3 Å². The van der Waals surface area contributed by atoms with Crippen LogP contribution in [0.4, 0.5) is 5.69 Å². The number of carbonyl (C=O) groups is 2. The van der Waals surface area contributed by atoms with E-state index in [4.69, 9.17) is 16.7 Å². The summed E-state index contributed by atoms with van der Waals surface area (Å²) < 4.78 is 0. The molecule has 2 aromatic rings. The third-order valence-corrected chi connectivity index (χ3v) is 3.55. The summed E-state index contributed by atoms with van der Waals surface area (Å²) in [4.78, 5) is 23.1. The van der Waals surface area contributed by atoms with Crippen molar-refractivity contribution >= 4 is 29.2 Å². The van der Waals surface area contributed by atoms with Crippen molar-refractivity contribution in [2.24, 2.45) is 0 Å². The Morgan fingerprint density at radius 1 is 1.14 bits per heavy atom. The van der Waals surface area contributed by atoms with Crippen molar-refractivity contribution in [1.82, 2.24) is 0 Å². The molecule has 5 heteroatoms. The van der Waals surface area contributed by atoms with Crippen molar-refractivity contribution in [2.75, 3.05) is 5.32 Å². The third-order valence-electron chi connectivity index (χ3n) is 3.04. The lowest BCUT2D eigenvalue weighted by molar-refractivity contribution is -0.136. The number of benzene rings is 2. The molecule has 0 spiro atoms. The highest BCUT2D eigenvalue weighted by Crippen LogP contribution is 2.23. The van der Waals surface area contributed by atoms with Crippen LogP contribution in [-0.2, 0) is 11.2 Å². The molecule has 0 radical (unpaired) electrons.